The highest BCUT2D eigenvalue weighted by Crippen LogP contribution is 2.30. The average molecular weight is 446 g/mol. The Morgan fingerprint density at radius 2 is 1.04 bits per heavy atom. The zero-order valence-corrected chi connectivity index (χ0v) is 17.7. The van der Waals surface area contributed by atoms with Crippen LogP contribution in [-0.4, -0.2) is 56.0 Å². The first kappa shape index (κ1) is 19.4. The zero-order chi connectivity index (χ0) is 19.0. The lowest BCUT2D eigenvalue weighted by Crippen LogP contribution is -2.37. The first-order valence-corrected chi connectivity index (χ1v) is 10.4. The van der Waals surface area contributed by atoms with Crippen LogP contribution < -0.4 is 9.80 Å². The van der Waals surface area contributed by atoms with Crippen LogP contribution >= 0.6 is 46.4 Å². The highest BCUT2D eigenvalue weighted by Gasteiger charge is 2.26. The SMILES string of the molecule is Clc1ccc(N2CCN(CN3CCN(c4ccc(Cl)c(Cl)c4)C3)C2)cc1Cl. The number of hydrogen-bond acceptors (Lipinski definition) is 4. The van der Waals surface area contributed by atoms with Crippen molar-refractivity contribution in [2.75, 3.05) is 56.0 Å². The summed E-state index contributed by atoms with van der Waals surface area (Å²) in [7, 11) is 0. The Labute approximate surface area is 179 Å². The monoisotopic (exact) mass is 444 g/mol. The summed E-state index contributed by atoms with van der Waals surface area (Å²) in [5.74, 6) is 0. The lowest BCUT2D eigenvalue weighted by atomic mass is 10.3. The van der Waals surface area contributed by atoms with Crippen LogP contribution in [0.1, 0.15) is 0 Å². The Morgan fingerprint density at radius 3 is 1.44 bits per heavy atom. The average Bonchev–Trinajstić information content (AvgIpc) is 3.30. The molecule has 0 atom stereocenters. The van der Waals surface area contributed by atoms with Gasteiger partial charge in [0.1, 0.15) is 0 Å². The van der Waals surface area contributed by atoms with Crippen molar-refractivity contribution in [2.24, 2.45) is 0 Å². The van der Waals surface area contributed by atoms with E-state index in [1.165, 1.54) is 0 Å². The Bertz CT molecular complexity index is 764. The van der Waals surface area contributed by atoms with Gasteiger partial charge >= 0.3 is 0 Å². The van der Waals surface area contributed by atoms with Crippen molar-refractivity contribution < 1.29 is 0 Å². The molecule has 2 aromatic carbocycles. The second-order valence-corrected chi connectivity index (χ2v) is 8.57. The Morgan fingerprint density at radius 1 is 0.593 bits per heavy atom. The van der Waals surface area contributed by atoms with Crippen molar-refractivity contribution in [3.63, 3.8) is 0 Å². The van der Waals surface area contributed by atoms with Gasteiger partial charge in [0.2, 0.25) is 0 Å². The number of halogens is 4. The lowest BCUT2D eigenvalue weighted by Gasteiger charge is -2.25. The molecule has 2 heterocycles. The maximum absolute atomic E-state index is 6.16. The van der Waals surface area contributed by atoms with Crippen LogP contribution in [0.15, 0.2) is 36.4 Å². The van der Waals surface area contributed by atoms with Crippen LogP contribution in [0, 0.1) is 0 Å². The minimum atomic E-state index is 0.593. The maximum Gasteiger partial charge on any atom is 0.0718 e. The van der Waals surface area contributed by atoms with Crippen molar-refractivity contribution in [3.05, 3.63) is 56.5 Å². The van der Waals surface area contributed by atoms with Gasteiger partial charge in [-0.1, -0.05) is 46.4 Å². The van der Waals surface area contributed by atoms with Crippen LogP contribution in [0.4, 0.5) is 11.4 Å². The topological polar surface area (TPSA) is 13.0 Å². The van der Waals surface area contributed by atoms with Gasteiger partial charge in [0.15, 0.2) is 0 Å². The van der Waals surface area contributed by atoms with E-state index >= 15 is 0 Å². The third-order valence-electron chi connectivity index (χ3n) is 5.05. The fourth-order valence-electron chi connectivity index (χ4n) is 3.59. The summed E-state index contributed by atoms with van der Waals surface area (Å²) in [6.45, 7) is 6.76. The highest BCUT2D eigenvalue weighted by atomic mass is 35.5. The van der Waals surface area contributed by atoms with Crippen molar-refractivity contribution in [3.8, 4) is 0 Å². The molecule has 4 rings (SSSR count). The molecule has 0 radical (unpaired) electrons. The highest BCUT2D eigenvalue weighted by molar-refractivity contribution is 6.42. The molecule has 2 saturated heterocycles. The van der Waals surface area contributed by atoms with Gasteiger partial charge in [-0.2, -0.15) is 0 Å². The van der Waals surface area contributed by atoms with Crippen LogP contribution in [0.5, 0.6) is 0 Å². The minimum Gasteiger partial charge on any atom is -0.357 e. The van der Waals surface area contributed by atoms with Gasteiger partial charge in [-0.05, 0) is 36.4 Å². The third kappa shape index (κ3) is 4.42. The molecule has 2 aliphatic rings. The zero-order valence-electron chi connectivity index (χ0n) is 14.7. The van der Waals surface area contributed by atoms with Gasteiger partial charge in [0.05, 0.1) is 40.1 Å². The molecular formula is C19H20Cl4N4. The van der Waals surface area contributed by atoms with Crippen molar-refractivity contribution in [1.82, 2.24) is 9.80 Å². The number of hydrogen-bond donors (Lipinski definition) is 0. The van der Waals surface area contributed by atoms with Gasteiger partial charge < -0.3 is 9.80 Å². The molecule has 0 amide bonds. The van der Waals surface area contributed by atoms with Crippen LogP contribution in [0.3, 0.4) is 0 Å². The second kappa shape index (κ2) is 8.24. The van der Waals surface area contributed by atoms with Gasteiger partial charge in [-0.3, -0.25) is 9.80 Å². The quantitative estimate of drug-likeness (QED) is 0.647. The predicted molar refractivity (Wildman–Crippen MR) is 116 cm³/mol. The molecule has 8 heteroatoms. The number of nitrogens with zero attached hydrogens (tertiary/aromatic N) is 4. The standard InChI is InChI=1S/C19H20Cl4N4/c20-16-3-1-14(9-18(16)22)26-7-5-24(12-26)11-25-6-8-27(13-25)15-2-4-17(21)19(23)10-15/h1-4,9-10H,5-8,11-13H2. The molecule has 0 unspecified atom stereocenters. The largest absolute Gasteiger partial charge is 0.357 e. The Kier molecular flexibility index (Phi) is 5.93. The minimum absolute atomic E-state index is 0.593. The van der Waals surface area contributed by atoms with E-state index in [1.807, 2.05) is 36.4 Å². The fraction of sp³-hybridized carbons (Fsp3) is 0.368. The first-order valence-electron chi connectivity index (χ1n) is 8.84. The molecule has 0 aliphatic carbocycles. The summed E-state index contributed by atoms with van der Waals surface area (Å²) in [5.41, 5.74) is 2.23. The van der Waals surface area contributed by atoms with Crippen LogP contribution in [0.2, 0.25) is 20.1 Å². The van der Waals surface area contributed by atoms with Crippen molar-refractivity contribution in [1.29, 1.82) is 0 Å². The fourth-order valence-corrected chi connectivity index (χ4v) is 4.17. The van der Waals surface area contributed by atoms with Crippen molar-refractivity contribution in [2.45, 2.75) is 0 Å². The maximum atomic E-state index is 6.16. The lowest BCUT2D eigenvalue weighted by molar-refractivity contribution is 0.184. The Balaban J connectivity index is 1.33. The van der Waals surface area contributed by atoms with E-state index in [-0.39, 0.29) is 0 Å². The molecule has 2 aliphatic heterocycles. The molecule has 0 spiro atoms. The summed E-state index contributed by atoms with van der Waals surface area (Å²) >= 11 is 24.4. The number of rotatable bonds is 4. The van der Waals surface area contributed by atoms with E-state index in [2.05, 4.69) is 19.6 Å². The van der Waals surface area contributed by atoms with Gasteiger partial charge in [-0.15, -0.1) is 0 Å². The molecule has 144 valence electrons. The summed E-state index contributed by atoms with van der Waals surface area (Å²) in [6.07, 6.45) is 0. The van der Waals surface area contributed by atoms with E-state index in [0.717, 1.165) is 57.6 Å². The van der Waals surface area contributed by atoms with E-state index in [9.17, 15) is 0 Å². The van der Waals surface area contributed by atoms with Gasteiger partial charge in [0, 0.05) is 37.6 Å². The van der Waals surface area contributed by atoms with E-state index in [0.29, 0.717) is 20.1 Å². The number of anilines is 2. The molecule has 0 saturated carbocycles. The molecular weight excluding hydrogens is 426 g/mol. The third-order valence-corrected chi connectivity index (χ3v) is 6.53. The van der Waals surface area contributed by atoms with Crippen LogP contribution in [0.25, 0.3) is 0 Å². The summed E-state index contributed by atoms with van der Waals surface area (Å²) in [5, 5.41) is 2.39. The molecule has 0 bridgehead atoms. The molecule has 0 aromatic heterocycles. The molecule has 2 fully saturated rings. The predicted octanol–water partition coefficient (Wildman–Crippen LogP) is 5.12. The normalized spacial score (nSPS) is 18.7. The van der Waals surface area contributed by atoms with E-state index < -0.39 is 0 Å². The smallest absolute Gasteiger partial charge is 0.0718 e. The first-order chi connectivity index (χ1) is 13.0. The van der Waals surface area contributed by atoms with E-state index in [4.69, 9.17) is 46.4 Å². The Hall–Kier alpha value is -0.880. The van der Waals surface area contributed by atoms with Crippen molar-refractivity contribution >= 4 is 57.8 Å². The number of benzene rings is 2. The molecule has 0 N–H and O–H groups in total. The van der Waals surface area contributed by atoms with Crippen LogP contribution in [-0.2, 0) is 0 Å². The summed E-state index contributed by atoms with van der Waals surface area (Å²) in [4.78, 5) is 9.55. The van der Waals surface area contributed by atoms with Gasteiger partial charge in [-0.25, -0.2) is 0 Å². The summed E-state index contributed by atoms with van der Waals surface area (Å²) < 4.78 is 0. The molecule has 27 heavy (non-hydrogen) atoms. The molecule has 4 nitrogen and oxygen atoms in total. The van der Waals surface area contributed by atoms with Gasteiger partial charge in [0.25, 0.3) is 0 Å². The second-order valence-electron chi connectivity index (χ2n) is 6.94. The molecule has 2 aromatic rings. The summed E-state index contributed by atoms with van der Waals surface area (Å²) in [6, 6.07) is 11.7. The van der Waals surface area contributed by atoms with E-state index in [1.54, 1.807) is 0 Å².